The molecule has 3 aromatic rings. The van der Waals surface area contributed by atoms with E-state index in [1.807, 2.05) is 22.9 Å². The summed E-state index contributed by atoms with van der Waals surface area (Å²) in [4.78, 5) is 8.92. The van der Waals surface area contributed by atoms with Crippen LogP contribution in [0.4, 0.5) is 0 Å². The number of hydrogen-bond donors (Lipinski definition) is 0. The fraction of sp³-hybridized carbons (Fsp3) is 0.522. The molecule has 0 aliphatic heterocycles. The van der Waals surface area contributed by atoms with Crippen LogP contribution in [-0.4, -0.2) is 39.1 Å². The van der Waals surface area contributed by atoms with E-state index in [1.54, 1.807) is 19.8 Å². The molecular weight excluding hydrogens is 364 g/mol. The van der Waals surface area contributed by atoms with E-state index < -0.39 is 0 Å². The van der Waals surface area contributed by atoms with Crippen LogP contribution in [0.5, 0.6) is 0 Å². The number of ether oxygens (including phenoxy) is 2. The molecule has 6 heteroatoms. The van der Waals surface area contributed by atoms with Crippen LogP contribution >= 0.6 is 0 Å². The minimum atomic E-state index is -0.0958. The Morgan fingerprint density at radius 2 is 2.03 bits per heavy atom. The van der Waals surface area contributed by atoms with Crippen molar-refractivity contribution in [1.29, 1.82) is 0 Å². The zero-order chi connectivity index (χ0) is 20.4. The van der Waals surface area contributed by atoms with Gasteiger partial charge in [0.05, 0.1) is 36.1 Å². The average molecular weight is 395 g/mol. The van der Waals surface area contributed by atoms with Gasteiger partial charge in [-0.2, -0.15) is 5.10 Å². The molecule has 4 atom stereocenters. The highest BCUT2D eigenvalue weighted by Crippen LogP contribution is 2.43. The van der Waals surface area contributed by atoms with Gasteiger partial charge in [-0.3, -0.25) is 9.67 Å². The van der Waals surface area contributed by atoms with Gasteiger partial charge in [0.1, 0.15) is 12.7 Å². The van der Waals surface area contributed by atoms with Crippen LogP contribution in [-0.2, 0) is 16.0 Å². The van der Waals surface area contributed by atoms with Gasteiger partial charge in [-0.05, 0) is 37.3 Å². The van der Waals surface area contributed by atoms with Crippen LogP contribution < -0.4 is 0 Å². The molecule has 2 heterocycles. The van der Waals surface area contributed by atoms with Crippen molar-refractivity contribution in [2.45, 2.75) is 58.5 Å². The largest absolute Gasteiger partial charge is 0.380 e. The van der Waals surface area contributed by atoms with E-state index in [4.69, 9.17) is 14.5 Å². The molecule has 1 aliphatic carbocycles. The molecule has 4 unspecified atom stereocenters. The highest BCUT2D eigenvalue weighted by Gasteiger charge is 2.45. The topological polar surface area (TPSA) is 62.1 Å². The van der Waals surface area contributed by atoms with E-state index in [2.05, 4.69) is 49.1 Å². The Morgan fingerprint density at radius 1 is 1.21 bits per heavy atom. The van der Waals surface area contributed by atoms with Crippen molar-refractivity contribution < 1.29 is 9.47 Å². The molecule has 29 heavy (non-hydrogen) atoms. The van der Waals surface area contributed by atoms with Gasteiger partial charge < -0.3 is 9.47 Å². The Kier molecular flexibility index (Phi) is 5.65. The number of rotatable bonds is 6. The molecule has 0 bridgehead atoms. The maximum Gasteiger partial charge on any atom is 0.137 e. The van der Waals surface area contributed by atoms with Gasteiger partial charge in [0, 0.05) is 18.4 Å². The predicted octanol–water partition coefficient (Wildman–Crippen LogP) is 4.42. The van der Waals surface area contributed by atoms with E-state index in [1.165, 1.54) is 0 Å². The number of para-hydroxylation sites is 1. The van der Waals surface area contributed by atoms with Gasteiger partial charge in [-0.1, -0.05) is 38.1 Å². The summed E-state index contributed by atoms with van der Waals surface area (Å²) in [6.45, 7) is 7.37. The molecule has 0 radical (unpaired) electrons. The first-order chi connectivity index (χ1) is 14.0. The summed E-state index contributed by atoms with van der Waals surface area (Å²) >= 11 is 0. The molecule has 0 spiro atoms. The molecule has 0 amide bonds. The molecule has 154 valence electrons. The van der Waals surface area contributed by atoms with Crippen LogP contribution in [0.25, 0.3) is 10.9 Å². The lowest BCUT2D eigenvalue weighted by atomic mass is 9.68. The minimum absolute atomic E-state index is 0.0699. The Balaban J connectivity index is 1.56. The summed E-state index contributed by atoms with van der Waals surface area (Å²) in [7, 11) is 1.80. The maximum atomic E-state index is 6.61. The summed E-state index contributed by atoms with van der Waals surface area (Å²) in [5.41, 5.74) is 2.05. The van der Waals surface area contributed by atoms with Crippen molar-refractivity contribution in [3.63, 3.8) is 0 Å². The number of methoxy groups -OCH3 is 1. The molecule has 4 rings (SSSR count). The van der Waals surface area contributed by atoms with Crippen LogP contribution in [0.1, 0.15) is 45.4 Å². The van der Waals surface area contributed by atoms with E-state index >= 15 is 0 Å². The lowest BCUT2D eigenvalue weighted by Crippen LogP contribution is -2.50. The van der Waals surface area contributed by atoms with Crippen molar-refractivity contribution in [2.24, 2.45) is 11.3 Å². The summed E-state index contributed by atoms with van der Waals surface area (Å²) in [5.74, 6) is 0.188. The Labute approximate surface area is 172 Å². The van der Waals surface area contributed by atoms with Crippen molar-refractivity contribution in [2.75, 3.05) is 7.11 Å². The fourth-order valence-electron chi connectivity index (χ4n) is 4.70. The third-order valence-corrected chi connectivity index (χ3v) is 6.24. The molecular formula is C23H30N4O2. The zero-order valence-electron chi connectivity index (χ0n) is 17.7. The quantitative estimate of drug-likeness (QED) is 0.619. The van der Waals surface area contributed by atoms with Crippen LogP contribution in [0, 0.1) is 11.3 Å². The molecule has 0 saturated heterocycles. The first-order valence-electron chi connectivity index (χ1n) is 10.3. The average Bonchev–Trinajstić information content (AvgIpc) is 3.23. The van der Waals surface area contributed by atoms with Crippen molar-refractivity contribution in [1.82, 2.24) is 19.7 Å². The standard InChI is InChI=1S/C23H30N4O2/c1-16(19-10-9-17-7-5-6-8-20(17)26-19)29-21-11-12-23(2,3)22(28-4)18(21)13-27-15-24-14-25-27/h5-10,14-16,18,21-22H,11-13H2,1-4H3. The Hall–Kier alpha value is -2.31. The summed E-state index contributed by atoms with van der Waals surface area (Å²) in [6, 6.07) is 12.4. The van der Waals surface area contributed by atoms with Crippen molar-refractivity contribution >= 4 is 10.9 Å². The van der Waals surface area contributed by atoms with Gasteiger partial charge in [-0.25, -0.2) is 4.98 Å². The van der Waals surface area contributed by atoms with Gasteiger partial charge in [-0.15, -0.1) is 0 Å². The Bertz CT molecular complexity index is 941. The lowest BCUT2D eigenvalue weighted by molar-refractivity contribution is -0.151. The molecule has 1 aliphatic rings. The molecule has 1 saturated carbocycles. The van der Waals surface area contributed by atoms with Crippen LogP contribution in [0.15, 0.2) is 49.1 Å². The molecule has 2 aromatic heterocycles. The fourth-order valence-corrected chi connectivity index (χ4v) is 4.70. The zero-order valence-corrected chi connectivity index (χ0v) is 17.7. The number of benzene rings is 1. The Morgan fingerprint density at radius 3 is 2.79 bits per heavy atom. The van der Waals surface area contributed by atoms with Gasteiger partial charge in [0.25, 0.3) is 0 Å². The third-order valence-electron chi connectivity index (χ3n) is 6.24. The third kappa shape index (κ3) is 4.19. The second-order valence-corrected chi connectivity index (χ2v) is 8.71. The number of pyridine rings is 1. The highest BCUT2D eigenvalue weighted by molar-refractivity contribution is 5.78. The number of aromatic nitrogens is 4. The number of fused-ring (bicyclic) bond motifs is 1. The lowest BCUT2D eigenvalue weighted by Gasteiger charge is -2.47. The van der Waals surface area contributed by atoms with Crippen molar-refractivity contribution in [3.8, 4) is 0 Å². The SMILES string of the molecule is COC1C(Cn2cncn2)C(OC(C)c2ccc3ccccc3n2)CCC1(C)C. The molecule has 1 fully saturated rings. The van der Waals surface area contributed by atoms with Crippen LogP contribution in [0.2, 0.25) is 0 Å². The molecule has 0 N–H and O–H groups in total. The van der Waals surface area contributed by atoms with E-state index in [0.29, 0.717) is 0 Å². The van der Waals surface area contributed by atoms with Crippen LogP contribution in [0.3, 0.4) is 0 Å². The normalized spacial score (nSPS) is 25.2. The predicted molar refractivity (Wildman–Crippen MR) is 112 cm³/mol. The minimum Gasteiger partial charge on any atom is -0.380 e. The maximum absolute atomic E-state index is 6.61. The first kappa shape index (κ1) is 20.0. The highest BCUT2D eigenvalue weighted by atomic mass is 16.5. The van der Waals surface area contributed by atoms with Gasteiger partial charge >= 0.3 is 0 Å². The first-order valence-corrected chi connectivity index (χ1v) is 10.3. The van der Waals surface area contributed by atoms with E-state index in [-0.39, 0.29) is 29.6 Å². The summed E-state index contributed by atoms with van der Waals surface area (Å²) < 4.78 is 14.5. The molecule has 1 aromatic carbocycles. The second kappa shape index (κ2) is 8.20. The van der Waals surface area contributed by atoms with E-state index in [0.717, 1.165) is 36.0 Å². The second-order valence-electron chi connectivity index (χ2n) is 8.71. The van der Waals surface area contributed by atoms with E-state index in [9.17, 15) is 0 Å². The number of hydrogen-bond acceptors (Lipinski definition) is 5. The van der Waals surface area contributed by atoms with Crippen molar-refractivity contribution in [3.05, 3.63) is 54.7 Å². The molecule has 6 nitrogen and oxygen atoms in total. The smallest absolute Gasteiger partial charge is 0.137 e. The summed E-state index contributed by atoms with van der Waals surface area (Å²) in [6.07, 6.45) is 5.45. The number of nitrogens with zero attached hydrogens (tertiary/aromatic N) is 4. The van der Waals surface area contributed by atoms with Gasteiger partial charge in [0.2, 0.25) is 0 Å². The summed E-state index contributed by atoms with van der Waals surface area (Å²) in [5, 5.41) is 5.46. The van der Waals surface area contributed by atoms with Gasteiger partial charge in [0.15, 0.2) is 0 Å². The monoisotopic (exact) mass is 394 g/mol.